The van der Waals surface area contributed by atoms with E-state index in [9.17, 15) is 20.1 Å². The molecule has 1 unspecified atom stereocenters. The highest BCUT2D eigenvalue weighted by Gasteiger charge is 2.17. The SMILES string of the molecule is O=C(NCC(CO)Cc1cccs1)c1c(O)cccc1O. The van der Waals surface area contributed by atoms with Crippen molar-refractivity contribution in [3.05, 3.63) is 46.2 Å². The molecule has 5 nitrogen and oxygen atoms in total. The van der Waals surface area contributed by atoms with E-state index in [0.29, 0.717) is 6.42 Å². The quantitative estimate of drug-likeness (QED) is 0.654. The van der Waals surface area contributed by atoms with Crippen molar-refractivity contribution in [1.29, 1.82) is 0 Å². The van der Waals surface area contributed by atoms with E-state index >= 15 is 0 Å². The molecule has 2 rings (SSSR count). The first kappa shape index (κ1) is 15.3. The summed E-state index contributed by atoms with van der Waals surface area (Å²) >= 11 is 1.60. The summed E-state index contributed by atoms with van der Waals surface area (Å²) in [7, 11) is 0. The molecule has 1 aromatic carbocycles. The number of aliphatic hydroxyl groups is 1. The maximum atomic E-state index is 12.0. The van der Waals surface area contributed by atoms with Crippen molar-refractivity contribution in [3.63, 3.8) is 0 Å². The van der Waals surface area contributed by atoms with Gasteiger partial charge in [-0.05, 0) is 30.0 Å². The van der Waals surface area contributed by atoms with Crippen molar-refractivity contribution < 1.29 is 20.1 Å². The molecule has 1 atom stereocenters. The zero-order chi connectivity index (χ0) is 15.2. The standard InChI is InChI=1S/C15H17NO4S/c17-9-10(7-11-3-2-6-21-11)8-16-15(20)14-12(18)4-1-5-13(14)19/h1-6,10,17-19H,7-9H2,(H,16,20). The molecule has 4 N–H and O–H groups in total. The van der Waals surface area contributed by atoms with Crippen molar-refractivity contribution in [1.82, 2.24) is 5.32 Å². The molecule has 0 aliphatic rings. The van der Waals surface area contributed by atoms with Crippen molar-refractivity contribution in [2.45, 2.75) is 6.42 Å². The number of thiophene rings is 1. The Balaban J connectivity index is 1.96. The molecule has 1 aromatic heterocycles. The number of nitrogens with one attached hydrogen (secondary N) is 1. The number of hydrogen-bond donors (Lipinski definition) is 4. The fourth-order valence-electron chi connectivity index (χ4n) is 2.00. The van der Waals surface area contributed by atoms with Crippen LogP contribution in [0.3, 0.4) is 0 Å². The molecule has 0 aliphatic heterocycles. The van der Waals surface area contributed by atoms with E-state index in [0.717, 1.165) is 4.88 Å². The second-order valence-corrected chi connectivity index (χ2v) is 5.75. The predicted octanol–water partition coefficient (Wildman–Crippen LogP) is 1.74. The monoisotopic (exact) mass is 307 g/mol. The third-order valence-corrected chi connectivity index (χ3v) is 4.03. The number of carbonyl (C=O) groups excluding carboxylic acids is 1. The van der Waals surface area contributed by atoms with Gasteiger partial charge in [-0.2, -0.15) is 0 Å². The lowest BCUT2D eigenvalue weighted by molar-refractivity contribution is 0.0934. The number of aromatic hydroxyl groups is 2. The summed E-state index contributed by atoms with van der Waals surface area (Å²) in [6.07, 6.45) is 0.668. The summed E-state index contributed by atoms with van der Waals surface area (Å²) in [4.78, 5) is 13.1. The molecule has 112 valence electrons. The summed E-state index contributed by atoms with van der Waals surface area (Å²) in [6.45, 7) is 0.214. The van der Waals surface area contributed by atoms with Crippen LogP contribution < -0.4 is 5.32 Å². The molecular formula is C15H17NO4S. The zero-order valence-electron chi connectivity index (χ0n) is 11.3. The minimum absolute atomic E-state index is 0.0507. The average Bonchev–Trinajstić information content (AvgIpc) is 2.96. The largest absolute Gasteiger partial charge is 0.507 e. The second-order valence-electron chi connectivity index (χ2n) is 4.71. The van der Waals surface area contributed by atoms with E-state index in [-0.39, 0.29) is 36.1 Å². The Bertz CT molecular complexity index is 577. The van der Waals surface area contributed by atoms with Gasteiger partial charge in [0.15, 0.2) is 0 Å². The van der Waals surface area contributed by atoms with Gasteiger partial charge in [0.05, 0.1) is 0 Å². The molecule has 0 saturated heterocycles. The molecule has 0 spiro atoms. The van der Waals surface area contributed by atoms with Crippen LogP contribution in [0.2, 0.25) is 0 Å². The predicted molar refractivity (Wildman–Crippen MR) is 80.7 cm³/mol. The molecule has 0 saturated carbocycles. The van der Waals surface area contributed by atoms with E-state index in [1.54, 1.807) is 11.3 Å². The number of phenolic OH excluding ortho intramolecular Hbond substituents is 2. The van der Waals surface area contributed by atoms with Crippen LogP contribution in [0.4, 0.5) is 0 Å². The molecule has 0 aliphatic carbocycles. The minimum atomic E-state index is -0.560. The highest BCUT2D eigenvalue weighted by Crippen LogP contribution is 2.26. The molecule has 2 aromatic rings. The molecule has 6 heteroatoms. The fourth-order valence-corrected chi connectivity index (χ4v) is 2.82. The summed E-state index contributed by atoms with van der Waals surface area (Å²) < 4.78 is 0. The molecule has 21 heavy (non-hydrogen) atoms. The van der Waals surface area contributed by atoms with Gasteiger partial charge in [0, 0.05) is 23.9 Å². The van der Waals surface area contributed by atoms with Crippen LogP contribution in [0.1, 0.15) is 15.2 Å². The van der Waals surface area contributed by atoms with Crippen LogP contribution in [-0.2, 0) is 6.42 Å². The maximum absolute atomic E-state index is 12.0. The fraction of sp³-hybridized carbons (Fsp3) is 0.267. The number of carbonyl (C=O) groups is 1. The van der Waals surface area contributed by atoms with Gasteiger partial charge in [0.2, 0.25) is 0 Å². The summed E-state index contributed by atoms with van der Waals surface area (Å²) in [5.41, 5.74) is -0.148. The normalized spacial score (nSPS) is 12.0. The Kier molecular flexibility index (Phi) is 5.19. The van der Waals surface area contributed by atoms with Crippen molar-refractivity contribution in [2.75, 3.05) is 13.2 Å². The van der Waals surface area contributed by atoms with Crippen LogP contribution in [-0.4, -0.2) is 34.4 Å². The highest BCUT2D eigenvalue weighted by atomic mass is 32.1. The van der Waals surface area contributed by atoms with Gasteiger partial charge in [-0.15, -0.1) is 11.3 Å². The Morgan fingerprint density at radius 1 is 1.19 bits per heavy atom. The van der Waals surface area contributed by atoms with Crippen LogP contribution in [0.25, 0.3) is 0 Å². The lowest BCUT2D eigenvalue weighted by Crippen LogP contribution is -2.31. The lowest BCUT2D eigenvalue weighted by atomic mass is 10.1. The average molecular weight is 307 g/mol. The first-order valence-electron chi connectivity index (χ1n) is 6.54. The third kappa shape index (κ3) is 3.96. The molecule has 1 heterocycles. The molecule has 0 radical (unpaired) electrons. The molecule has 1 amide bonds. The number of benzene rings is 1. The van der Waals surface area contributed by atoms with E-state index in [2.05, 4.69) is 5.32 Å². The Labute approximate surface area is 126 Å². The van der Waals surface area contributed by atoms with E-state index in [1.807, 2.05) is 17.5 Å². The van der Waals surface area contributed by atoms with Crippen molar-refractivity contribution in [3.8, 4) is 11.5 Å². The summed E-state index contributed by atoms with van der Waals surface area (Å²) in [5.74, 6) is -1.21. The summed E-state index contributed by atoms with van der Waals surface area (Å²) in [5, 5.41) is 33.2. The van der Waals surface area contributed by atoms with Gasteiger partial charge in [0.25, 0.3) is 5.91 Å². The van der Waals surface area contributed by atoms with Gasteiger partial charge >= 0.3 is 0 Å². The van der Waals surface area contributed by atoms with Gasteiger partial charge in [-0.25, -0.2) is 0 Å². The Morgan fingerprint density at radius 3 is 2.48 bits per heavy atom. The van der Waals surface area contributed by atoms with Crippen LogP contribution in [0.5, 0.6) is 11.5 Å². The third-order valence-electron chi connectivity index (χ3n) is 3.13. The van der Waals surface area contributed by atoms with Crippen LogP contribution in [0.15, 0.2) is 35.7 Å². The highest BCUT2D eigenvalue weighted by molar-refractivity contribution is 7.09. The van der Waals surface area contributed by atoms with Gasteiger partial charge in [0.1, 0.15) is 17.1 Å². The van der Waals surface area contributed by atoms with Crippen molar-refractivity contribution in [2.24, 2.45) is 5.92 Å². The van der Waals surface area contributed by atoms with Crippen LogP contribution in [0, 0.1) is 5.92 Å². The topological polar surface area (TPSA) is 89.8 Å². The Hall–Kier alpha value is -2.05. The number of rotatable bonds is 6. The number of phenols is 2. The number of aliphatic hydroxyl groups excluding tert-OH is 1. The zero-order valence-corrected chi connectivity index (χ0v) is 12.1. The van der Waals surface area contributed by atoms with Gasteiger partial charge in [-0.3, -0.25) is 4.79 Å². The van der Waals surface area contributed by atoms with Gasteiger partial charge in [-0.1, -0.05) is 12.1 Å². The van der Waals surface area contributed by atoms with E-state index in [1.165, 1.54) is 18.2 Å². The minimum Gasteiger partial charge on any atom is -0.507 e. The van der Waals surface area contributed by atoms with Gasteiger partial charge < -0.3 is 20.6 Å². The number of hydrogen-bond acceptors (Lipinski definition) is 5. The first-order valence-corrected chi connectivity index (χ1v) is 7.42. The maximum Gasteiger partial charge on any atom is 0.258 e. The number of amides is 1. The molecule has 0 bridgehead atoms. The molecular weight excluding hydrogens is 290 g/mol. The first-order chi connectivity index (χ1) is 10.1. The van der Waals surface area contributed by atoms with E-state index < -0.39 is 5.91 Å². The van der Waals surface area contributed by atoms with Crippen LogP contribution >= 0.6 is 11.3 Å². The Morgan fingerprint density at radius 2 is 1.90 bits per heavy atom. The second kappa shape index (κ2) is 7.10. The smallest absolute Gasteiger partial charge is 0.258 e. The van der Waals surface area contributed by atoms with E-state index in [4.69, 9.17) is 0 Å². The summed E-state index contributed by atoms with van der Waals surface area (Å²) in [6, 6.07) is 8.04. The van der Waals surface area contributed by atoms with Crippen molar-refractivity contribution >= 4 is 17.2 Å². The molecule has 0 fully saturated rings. The lowest BCUT2D eigenvalue weighted by Gasteiger charge is -2.15.